The molecule has 3 aromatic carbocycles. The minimum Gasteiger partial charge on any atom is -0.406 e. The van der Waals surface area contributed by atoms with Gasteiger partial charge in [-0.15, -0.1) is 29.6 Å². The number of alkyl halides is 3. The average Bonchev–Trinajstić information content (AvgIpc) is 3.60. The van der Waals surface area contributed by atoms with Crippen molar-refractivity contribution in [3.05, 3.63) is 106 Å². The van der Waals surface area contributed by atoms with Crippen LogP contribution in [0, 0.1) is 12.7 Å². The number of hydrogen-bond acceptors (Lipinski definition) is 6. The van der Waals surface area contributed by atoms with E-state index in [0.717, 1.165) is 32.9 Å². The quantitative estimate of drug-likeness (QED) is 0.176. The monoisotopic (exact) mass is 610 g/mol. The summed E-state index contributed by atoms with van der Waals surface area (Å²) >= 11 is 1.54. The lowest BCUT2D eigenvalue weighted by Crippen LogP contribution is -2.23. The minimum atomic E-state index is -4.75. The van der Waals surface area contributed by atoms with Gasteiger partial charge in [-0.1, -0.05) is 38.1 Å². The highest BCUT2D eigenvalue weighted by molar-refractivity contribution is 7.07. The van der Waals surface area contributed by atoms with Crippen molar-refractivity contribution in [2.24, 2.45) is 4.99 Å². The smallest absolute Gasteiger partial charge is 0.406 e. The Labute approximate surface area is 250 Å². The zero-order chi connectivity index (χ0) is 30.7. The molecule has 224 valence electrons. The summed E-state index contributed by atoms with van der Waals surface area (Å²) < 4.78 is 58.7. The Hall–Kier alpha value is -4.29. The molecular weight excluding hydrogens is 580 g/mol. The van der Waals surface area contributed by atoms with E-state index in [2.05, 4.69) is 24.7 Å². The Bertz CT molecular complexity index is 1750. The molecule has 0 radical (unpaired) electrons. The summed E-state index contributed by atoms with van der Waals surface area (Å²) in [4.78, 5) is 9.97. The molecule has 12 heteroatoms. The molecule has 1 N–H and O–H groups in total. The predicted molar refractivity (Wildman–Crippen MR) is 158 cm³/mol. The summed E-state index contributed by atoms with van der Waals surface area (Å²) in [5.74, 6) is 0.0828. The second-order valence-corrected chi connectivity index (χ2v) is 11.1. The summed E-state index contributed by atoms with van der Waals surface area (Å²) in [6.07, 6.45) is -3.24. The zero-order valence-corrected chi connectivity index (χ0v) is 24.7. The van der Waals surface area contributed by atoms with Crippen LogP contribution < -0.4 is 14.9 Å². The lowest BCUT2D eigenvalue weighted by molar-refractivity contribution is -0.274. The third kappa shape index (κ3) is 7.20. The SMILES string of the molecule is Cc1cs/c(=N\CNC(C)c2ccc(-c3ncn(-c4ccc(OC(F)(F)F)cc4)n3)cc2)n1-c1ccc(F)cc1C(C)C. The van der Waals surface area contributed by atoms with Crippen molar-refractivity contribution in [3.8, 4) is 28.5 Å². The van der Waals surface area contributed by atoms with Gasteiger partial charge < -0.3 is 4.74 Å². The second-order valence-electron chi connectivity index (χ2n) is 10.3. The maximum atomic E-state index is 14.0. The van der Waals surface area contributed by atoms with Crippen LogP contribution >= 0.6 is 11.3 Å². The highest BCUT2D eigenvalue weighted by atomic mass is 32.1. The lowest BCUT2D eigenvalue weighted by atomic mass is 10.0. The minimum absolute atomic E-state index is 0.00676. The summed E-state index contributed by atoms with van der Waals surface area (Å²) in [5, 5.41) is 9.94. The van der Waals surface area contributed by atoms with E-state index in [1.54, 1.807) is 17.4 Å². The maximum absolute atomic E-state index is 14.0. The van der Waals surface area contributed by atoms with E-state index in [1.807, 2.05) is 63.4 Å². The molecule has 7 nitrogen and oxygen atoms in total. The van der Waals surface area contributed by atoms with Crippen molar-refractivity contribution in [3.63, 3.8) is 0 Å². The topological polar surface area (TPSA) is 69.3 Å². The van der Waals surface area contributed by atoms with E-state index in [9.17, 15) is 17.6 Å². The molecule has 1 atom stereocenters. The fraction of sp³-hybridized carbons (Fsp3) is 0.258. The van der Waals surface area contributed by atoms with E-state index in [-0.39, 0.29) is 23.5 Å². The molecule has 0 aliphatic rings. The summed E-state index contributed by atoms with van der Waals surface area (Å²) in [5.41, 5.74) is 5.29. The van der Waals surface area contributed by atoms with Crippen LogP contribution in [0.2, 0.25) is 0 Å². The number of rotatable bonds is 9. The Morgan fingerprint density at radius 1 is 1.00 bits per heavy atom. The van der Waals surface area contributed by atoms with Crippen LogP contribution in [0.3, 0.4) is 0 Å². The molecule has 1 unspecified atom stereocenters. The summed E-state index contributed by atoms with van der Waals surface area (Å²) in [6.45, 7) is 8.55. The first-order valence-corrected chi connectivity index (χ1v) is 14.5. The highest BCUT2D eigenvalue weighted by Crippen LogP contribution is 2.26. The van der Waals surface area contributed by atoms with Gasteiger partial charge in [0, 0.05) is 22.7 Å². The largest absolute Gasteiger partial charge is 0.573 e. The Kier molecular flexibility index (Phi) is 8.79. The van der Waals surface area contributed by atoms with E-state index >= 15 is 0 Å². The molecule has 0 bridgehead atoms. The molecule has 5 rings (SSSR count). The van der Waals surface area contributed by atoms with E-state index in [1.165, 1.54) is 41.3 Å². The number of hydrogen-bond donors (Lipinski definition) is 1. The summed E-state index contributed by atoms with van der Waals surface area (Å²) in [7, 11) is 0. The third-order valence-corrected chi connectivity index (χ3v) is 7.82. The van der Waals surface area contributed by atoms with Gasteiger partial charge in [0.1, 0.15) is 17.9 Å². The first kappa shape index (κ1) is 30.2. The van der Waals surface area contributed by atoms with Crippen LogP contribution in [-0.4, -0.2) is 32.4 Å². The molecule has 0 amide bonds. The molecule has 43 heavy (non-hydrogen) atoms. The Morgan fingerprint density at radius 2 is 1.72 bits per heavy atom. The molecule has 0 aliphatic carbocycles. The van der Waals surface area contributed by atoms with Crippen LogP contribution in [0.15, 0.2) is 83.4 Å². The Morgan fingerprint density at radius 3 is 2.40 bits per heavy atom. The molecule has 2 heterocycles. The van der Waals surface area contributed by atoms with Crippen LogP contribution in [0.25, 0.3) is 22.8 Å². The first-order chi connectivity index (χ1) is 20.5. The predicted octanol–water partition coefficient (Wildman–Crippen LogP) is 7.47. The molecule has 0 fully saturated rings. The van der Waals surface area contributed by atoms with E-state index < -0.39 is 6.36 Å². The fourth-order valence-corrected chi connectivity index (χ4v) is 5.46. The number of ether oxygens (including phenoxy) is 1. The molecular formula is C31H30F4N6OS. The van der Waals surface area contributed by atoms with Gasteiger partial charge in [-0.3, -0.25) is 9.88 Å². The molecule has 5 aromatic rings. The maximum Gasteiger partial charge on any atom is 0.573 e. The number of halogens is 4. The van der Waals surface area contributed by atoms with Crippen molar-refractivity contribution in [1.82, 2.24) is 24.6 Å². The van der Waals surface area contributed by atoms with Crippen molar-refractivity contribution < 1.29 is 22.3 Å². The fourth-order valence-electron chi connectivity index (χ4n) is 4.60. The number of aryl methyl sites for hydroxylation is 1. The van der Waals surface area contributed by atoms with Gasteiger partial charge in [0.15, 0.2) is 10.6 Å². The van der Waals surface area contributed by atoms with Gasteiger partial charge in [-0.25, -0.2) is 19.0 Å². The van der Waals surface area contributed by atoms with E-state index in [0.29, 0.717) is 18.2 Å². The van der Waals surface area contributed by atoms with Crippen molar-refractivity contribution in [2.75, 3.05) is 6.67 Å². The van der Waals surface area contributed by atoms with Crippen molar-refractivity contribution in [2.45, 2.75) is 46.0 Å². The average molecular weight is 611 g/mol. The normalized spacial score (nSPS) is 13.1. The van der Waals surface area contributed by atoms with Crippen LogP contribution in [0.5, 0.6) is 5.75 Å². The second kappa shape index (κ2) is 12.5. The number of benzene rings is 3. The van der Waals surface area contributed by atoms with Gasteiger partial charge in [0.05, 0.1) is 18.0 Å². The first-order valence-electron chi connectivity index (χ1n) is 13.6. The van der Waals surface area contributed by atoms with Crippen molar-refractivity contribution in [1.29, 1.82) is 0 Å². The van der Waals surface area contributed by atoms with E-state index in [4.69, 9.17) is 4.99 Å². The molecule has 0 saturated carbocycles. The molecule has 0 spiro atoms. The van der Waals surface area contributed by atoms with Crippen molar-refractivity contribution >= 4 is 11.3 Å². The molecule has 0 saturated heterocycles. The molecule has 2 aromatic heterocycles. The standard InChI is InChI=1S/C31H30F4N6OS/c1-19(2)27-15-24(32)9-14-28(27)41-20(3)16-43-30(41)37-17-36-21(4)22-5-7-23(8-6-22)29-38-18-40(39-29)25-10-12-26(13-11-25)42-31(33,34)35/h5-16,18-19,21,36H,17H2,1-4H3/b37-30-. The summed E-state index contributed by atoms with van der Waals surface area (Å²) in [6, 6.07) is 18.1. The van der Waals surface area contributed by atoms with Gasteiger partial charge in [-0.2, -0.15) is 0 Å². The third-order valence-electron chi connectivity index (χ3n) is 6.84. The van der Waals surface area contributed by atoms with Gasteiger partial charge >= 0.3 is 6.36 Å². The van der Waals surface area contributed by atoms with Crippen LogP contribution in [0.4, 0.5) is 17.6 Å². The number of aromatic nitrogens is 4. The molecule has 0 aliphatic heterocycles. The van der Waals surface area contributed by atoms with Gasteiger partial charge in [0.2, 0.25) is 0 Å². The van der Waals surface area contributed by atoms with Gasteiger partial charge in [-0.05, 0) is 73.4 Å². The van der Waals surface area contributed by atoms with Gasteiger partial charge in [0.25, 0.3) is 0 Å². The Balaban J connectivity index is 1.25. The number of nitrogens with one attached hydrogen (secondary N) is 1. The number of nitrogens with zero attached hydrogens (tertiary/aromatic N) is 5. The van der Waals surface area contributed by atoms with Crippen LogP contribution in [-0.2, 0) is 0 Å². The lowest BCUT2D eigenvalue weighted by Gasteiger charge is -2.16. The zero-order valence-electron chi connectivity index (χ0n) is 23.9. The highest BCUT2D eigenvalue weighted by Gasteiger charge is 2.31. The number of thiazole rings is 1. The van der Waals surface area contributed by atoms with Crippen LogP contribution in [0.1, 0.15) is 49.6 Å².